The van der Waals surface area contributed by atoms with Gasteiger partial charge in [0.1, 0.15) is 0 Å². The number of esters is 1. The first kappa shape index (κ1) is 16.9. The molecule has 0 spiro atoms. The average molecular weight is 310 g/mol. The molecule has 0 bridgehead atoms. The first-order valence-corrected chi connectivity index (χ1v) is 5.59. The molecule has 0 heterocycles. The Morgan fingerprint density at radius 3 is 1.86 bits per heavy atom. The Hall–Kier alpha value is -2.16. The van der Waals surface area contributed by atoms with E-state index in [1.165, 1.54) is 0 Å². The van der Waals surface area contributed by atoms with E-state index in [0.717, 1.165) is 33.5 Å². The minimum Gasteiger partial charge on any atom is -0.502 e. The average Bonchev–Trinajstić information content (AvgIpc) is 2.44. The van der Waals surface area contributed by atoms with Crippen LogP contribution in [0.15, 0.2) is 12.1 Å². The second kappa shape index (κ2) is 5.68. The van der Waals surface area contributed by atoms with Crippen LogP contribution >= 0.6 is 0 Å². The number of phenolic OH excluding ortho intramolecular Hbond substituents is 1. The lowest BCUT2D eigenvalue weighted by Gasteiger charge is -2.26. The van der Waals surface area contributed by atoms with Crippen LogP contribution in [-0.4, -0.2) is 38.6 Å². The molecule has 0 radical (unpaired) electrons. The van der Waals surface area contributed by atoms with Crippen molar-refractivity contribution < 1.29 is 43.0 Å². The largest absolute Gasteiger partial charge is 0.502 e. The summed E-state index contributed by atoms with van der Waals surface area (Å²) in [6.07, 6.45) is -5.02. The van der Waals surface area contributed by atoms with Gasteiger partial charge in [-0.05, 0) is 12.1 Å². The van der Waals surface area contributed by atoms with Gasteiger partial charge in [-0.15, -0.1) is 0 Å². The van der Waals surface area contributed by atoms with E-state index in [-0.39, 0.29) is 11.5 Å². The summed E-state index contributed by atoms with van der Waals surface area (Å²) in [4.78, 5) is 11.6. The molecule has 0 amide bonds. The van der Waals surface area contributed by atoms with Gasteiger partial charge in [-0.3, -0.25) is 0 Å². The number of methoxy groups -OCH3 is 3. The topological polar surface area (TPSA) is 92.6 Å². The van der Waals surface area contributed by atoms with Crippen LogP contribution in [0, 0.1) is 0 Å². The van der Waals surface area contributed by atoms with E-state index in [0.29, 0.717) is 0 Å². The molecule has 0 aliphatic rings. The van der Waals surface area contributed by atoms with Gasteiger partial charge in [-0.25, -0.2) is 4.79 Å². The van der Waals surface area contributed by atoms with Gasteiger partial charge in [-0.2, -0.15) is 13.2 Å². The third-order valence-corrected chi connectivity index (χ3v) is 2.99. The van der Waals surface area contributed by atoms with E-state index in [9.17, 15) is 23.1 Å². The highest BCUT2D eigenvalue weighted by atomic mass is 19.4. The third-order valence-electron chi connectivity index (χ3n) is 2.99. The fourth-order valence-corrected chi connectivity index (χ4v) is 1.71. The van der Waals surface area contributed by atoms with Crippen LogP contribution in [0.3, 0.4) is 0 Å². The number of benzene rings is 1. The van der Waals surface area contributed by atoms with Crippen molar-refractivity contribution in [2.45, 2.75) is 11.7 Å². The summed E-state index contributed by atoms with van der Waals surface area (Å²) in [6.45, 7) is 0. The summed E-state index contributed by atoms with van der Waals surface area (Å²) in [6, 6.07) is 1.71. The van der Waals surface area contributed by atoms with Crippen LogP contribution in [0.5, 0.6) is 17.2 Å². The highest BCUT2D eigenvalue weighted by Gasteiger charge is 2.65. The van der Waals surface area contributed by atoms with Crippen molar-refractivity contribution in [1.29, 1.82) is 0 Å². The molecule has 0 aliphatic carbocycles. The Bertz CT molecular complexity index is 521. The molecule has 9 heteroatoms. The quantitative estimate of drug-likeness (QED) is 0.794. The minimum atomic E-state index is -5.02. The summed E-state index contributed by atoms with van der Waals surface area (Å²) in [5.41, 5.74) is -0.776. The van der Waals surface area contributed by atoms with E-state index in [2.05, 4.69) is 10.5 Å². The van der Waals surface area contributed by atoms with Gasteiger partial charge in [0.25, 0.3) is 0 Å². The van der Waals surface area contributed by atoms with Gasteiger partial charge < -0.3 is 25.1 Å². The number of carbonyl (C=O) groups excluding carboxylic acids is 1. The number of aromatic hydroxyl groups is 1. The third kappa shape index (κ3) is 2.68. The molecule has 1 aromatic rings. The van der Waals surface area contributed by atoms with Crippen LogP contribution in [-0.2, 0) is 15.1 Å². The molecule has 4 N–H and O–H groups in total. The molecule has 1 rings (SSSR count). The summed E-state index contributed by atoms with van der Waals surface area (Å²) >= 11 is 0. The van der Waals surface area contributed by atoms with Crippen LogP contribution in [0.4, 0.5) is 13.2 Å². The predicted molar refractivity (Wildman–Crippen MR) is 63.8 cm³/mol. The Morgan fingerprint density at radius 1 is 1.14 bits per heavy atom. The van der Waals surface area contributed by atoms with Crippen LogP contribution in [0.1, 0.15) is 5.56 Å². The molecule has 1 atom stereocenters. The summed E-state index contributed by atoms with van der Waals surface area (Å²) in [5.74, 6) is -2.65. The van der Waals surface area contributed by atoms with Gasteiger partial charge in [0, 0.05) is 5.56 Å². The molecule has 0 fully saturated rings. The van der Waals surface area contributed by atoms with Gasteiger partial charge >= 0.3 is 17.7 Å². The van der Waals surface area contributed by atoms with Crippen molar-refractivity contribution in [3.8, 4) is 17.2 Å². The predicted octanol–water partition coefficient (Wildman–Crippen LogP) is 0.582. The number of hydrogen-bond acceptors (Lipinski definition) is 5. The zero-order valence-electron chi connectivity index (χ0n) is 11.6. The maximum absolute atomic E-state index is 13.3. The van der Waals surface area contributed by atoms with Crippen LogP contribution < -0.4 is 15.2 Å². The molecular formula is C12H15F3NO5+. The fourth-order valence-electron chi connectivity index (χ4n) is 1.71. The first-order valence-electron chi connectivity index (χ1n) is 5.59. The molecule has 1 aromatic carbocycles. The SMILES string of the molecule is COC(=O)[C@]([NH3+])(c1cc(OC)c(O)c(OC)c1)C(F)(F)F. The van der Waals surface area contributed by atoms with E-state index in [1.807, 2.05) is 0 Å². The van der Waals surface area contributed by atoms with Gasteiger partial charge in [0.2, 0.25) is 5.75 Å². The number of halogens is 3. The maximum Gasteiger partial charge on any atom is 0.460 e. The number of alkyl halides is 3. The monoisotopic (exact) mass is 310 g/mol. The number of hydrogen-bond donors (Lipinski definition) is 2. The Morgan fingerprint density at radius 2 is 1.57 bits per heavy atom. The van der Waals surface area contributed by atoms with Gasteiger partial charge in [-0.1, -0.05) is 0 Å². The highest BCUT2D eigenvalue weighted by molar-refractivity contribution is 5.82. The van der Waals surface area contributed by atoms with E-state index in [4.69, 9.17) is 9.47 Å². The maximum atomic E-state index is 13.3. The Kier molecular flexibility index (Phi) is 4.57. The number of ether oxygens (including phenoxy) is 3. The van der Waals surface area contributed by atoms with E-state index < -0.39 is 29.0 Å². The summed E-state index contributed by atoms with van der Waals surface area (Å²) in [7, 11) is 3.12. The van der Waals surface area contributed by atoms with Crippen molar-refractivity contribution in [3.05, 3.63) is 17.7 Å². The second-order valence-corrected chi connectivity index (χ2v) is 4.12. The standard InChI is InChI=1S/C12H14F3NO5/c1-19-7-4-6(5-8(20-2)9(7)17)11(16,10(18)21-3)12(13,14)15/h4-5,17H,16H2,1-3H3/p+1/t11-/m1/s1. The number of carbonyl (C=O) groups is 1. The molecule has 0 aliphatic heterocycles. The first-order chi connectivity index (χ1) is 9.63. The second-order valence-electron chi connectivity index (χ2n) is 4.12. The Balaban J connectivity index is 3.64. The minimum absolute atomic E-state index is 0.287. The van der Waals surface area contributed by atoms with Crippen LogP contribution in [0.2, 0.25) is 0 Å². The highest BCUT2D eigenvalue weighted by Crippen LogP contribution is 2.43. The summed E-state index contributed by atoms with van der Waals surface area (Å²) < 4.78 is 53.6. The van der Waals surface area contributed by atoms with Crippen molar-refractivity contribution >= 4 is 5.97 Å². The normalized spacial score (nSPS) is 14.2. The molecule has 0 unspecified atom stereocenters. The smallest absolute Gasteiger partial charge is 0.460 e. The summed E-state index contributed by atoms with van der Waals surface area (Å²) in [5, 5.41) is 9.71. The zero-order chi connectivity index (χ0) is 16.4. The molecule has 21 heavy (non-hydrogen) atoms. The molecule has 0 aromatic heterocycles. The molecule has 6 nitrogen and oxygen atoms in total. The molecule has 118 valence electrons. The van der Waals surface area contributed by atoms with Crippen LogP contribution in [0.25, 0.3) is 0 Å². The Labute approximate surface area is 118 Å². The van der Waals surface area contributed by atoms with Crippen molar-refractivity contribution in [1.82, 2.24) is 0 Å². The van der Waals surface area contributed by atoms with Crippen molar-refractivity contribution in [3.63, 3.8) is 0 Å². The van der Waals surface area contributed by atoms with E-state index >= 15 is 0 Å². The van der Waals surface area contributed by atoms with E-state index in [1.54, 1.807) is 0 Å². The van der Waals surface area contributed by atoms with Crippen molar-refractivity contribution in [2.75, 3.05) is 21.3 Å². The lowest BCUT2D eigenvalue weighted by molar-refractivity contribution is -0.532. The van der Waals surface area contributed by atoms with Gasteiger partial charge in [0.05, 0.1) is 21.3 Å². The fraction of sp³-hybridized carbons (Fsp3) is 0.417. The lowest BCUT2D eigenvalue weighted by atomic mass is 9.89. The molecule has 0 saturated carbocycles. The zero-order valence-corrected chi connectivity index (χ0v) is 11.6. The lowest BCUT2D eigenvalue weighted by Crippen LogP contribution is -2.80. The van der Waals surface area contributed by atoms with Crippen molar-refractivity contribution in [2.24, 2.45) is 0 Å². The molecular weight excluding hydrogens is 295 g/mol. The number of rotatable bonds is 4. The van der Waals surface area contributed by atoms with Gasteiger partial charge in [0.15, 0.2) is 11.5 Å². The number of phenols is 1. The molecule has 0 saturated heterocycles. The number of quaternary nitrogens is 1.